The first-order chi connectivity index (χ1) is 19.2. The highest BCUT2D eigenvalue weighted by molar-refractivity contribution is 5.95. The molecule has 0 saturated heterocycles. The topological polar surface area (TPSA) is 128 Å². The minimum absolute atomic E-state index is 0.00753. The van der Waals surface area contributed by atoms with Crippen LogP contribution in [0.1, 0.15) is 40.2 Å². The zero-order valence-corrected chi connectivity index (χ0v) is 23.5. The van der Waals surface area contributed by atoms with E-state index in [0.717, 1.165) is 51.0 Å². The van der Waals surface area contributed by atoms with Gasteiger partial charge in [-0.3, -0.25) is 0 Å². The molecule has 0 aliphatic rings. The van der Waals surface area contributed by atoms with E-state index >= 15 is 0 Å². The fourth-order valence-corrected chi connectivity index (χ4v) is 4.82. The molecule has 0 aliphatic heterocycles. The number of rotatable bonds is 7. The third-order valence-corrected chi connectivity index (χ3v) is 6.75. The summed E-state index contributed by atoms with van der Waals surface area (Å²) in [7, 11) is 0. The molecular weight excluding hydrogens is 504 g/mol. The molecule has 2 aromatic carbocycles. The fraction of sp³-hybridized carbons (Fsp3) is 0.300. The number of aromatic amines is 1. The molecule has 0 fully saturated rings. The van der Waals surface area contributed by atoms with Crippen LogP contribution in [-0.2, 0) is 6.42 Å². The van der Waals surface area contributed by atoms with Crippen molar-refractivity contribution in [3.05, 3.63) is 67.0 Å². The van der Waals surface area contributed by atoms with Crippen LogP contribution in [0.2, 0.25) is 0 Å². The molecule has 0 bridgehead atoms. The third kappa shape index (κ3) is 5.51. The molecule has 5 rings (SSSR count). The molecule has 206 valence electrons. The van der Waals surface area contributed by atoms with Gasteiger partial charge in [0.2, 0.25) is 5.95 Å². The van der Waals surface area contributed by atoms with E-state index < -0.39 is 0 Å². The number of nitrogens with zero attached hydrogens (tertiary/aromatic N) is 6. The Morgan fingerprint density at radius 1 is 1.05 bits per heavy atom. The SMILES string of the molecule is CCN(CC)C(=O)Oc1ccc(-n2cncn2)c(-c2[nH]c3cc(-c4cnc(N)nc4)ccc3c2CC(C)(C)C)c1. The number of hydrogen-bond acceptors (Lipinski definition) is 7. The number of hydrogen-bond donors (Lipinski definition) is 2. The number of anilines is 1. The lowest BCUT2D eigenvalue weighted by Gasteiger charge is -2.21. The molecule has 3 N–H and O–H groups in total. The number of nitrogens with one attached hydrogen (secondary N) is 1. The van der Waals surface area contributed by atoms with Crippen molar-refractivity contribution < 1.29 is 9.53 Å². The van der Waals surface area contributed by atoms with Crippen molar-refractivity contribution in [2.24, 2.45) is 5.41 Å². The predicted octanol–water partition coefficient (Wildman–Crippen LogP) is 5.88. The Kier molecular flexibility index (Phi) is 7.25. The summed E-state index contributed by atoms with van der Waals surface area (Å²) in [6.45, 7) is 11.6. The normalized spacial score (nSPS) is 11.6. The second-order valence-corrected chi connectivity index (χ2v) is 10.9. The summed E-state index contributed by atoms with van der Waals surface area (Å²) in [5.74, 6) is 0.692. The molecule has 0 unspecified atom stereocenters. The maximum atomic E-state index is 12.8. The van der Waals surface area contributed by atoms with Crippen molar-refractivity contribution in [1.29, 1.82) is 0 Å². The van der Waals surface area contributed by atoms with Gasteiger partial charge in [0.05, 0.1) is 11.4 Å². The third-order valence-electron chi connectivity index (χ3n) is 6.75. The Hall–Kier alpha value is -4.73. The smallest absolute Gasteiger partial charge is 0.410 e. The van der Waals surface area contributed by atoms with Crippen molar-refractivity contribution in [1.82, 2.24) is 34.6 Å². The van der Waals surface area contributed by atoms with E-state index in [1.165, 1.54) is 6.33 Å². The van der Waals surface area contributed by atoms with E-state index in [2.05, 4.69) is 64.0 Å². The standard InChI is InChI=1S/C30H34N8O2/c1-6-37(7-2)29(39)40-21-9-11-26(38-18-32-17-35-38)23(13-21)27-24(14-30(3,4)5)22-10-8-19(12-25(22)36-27)20-15-33-28(31)34-16-20/h8-13,15-18,36H,6-7,14H2,1-5H3,(H2,31,33,34). The average molecular weight is 539 g/mol. The van der Waals surface area contributed by atoms with Gasteiger partial charge in [0.25, 0.3) is 0 Å². The number of nitrogens with two attached hydrogens (primary N) is 1. The zero-order chi connectivity index (χ0) is 28.4. The molecule has 10 nitrogen and oxygen atoms in total. The number of amides is 1. The number of carbonyl (C=O) groups excluding carboxylic acids is 1. The lowest BCUT2D eigenvalue weighted by atomic mass is 9.85. The maximum absolute atomic E-state index is 12.8. The van der Waals surface area contributed by atoms with Gasteiger partial charge in [-0.15, -0.1) is 0 Å². The van der Waals surface area contributed by atoms with Crippen LogP contribution < -0.4 is 10.5 Å². The Morgan fingerprint density at radius 3 is 2.45 bits per heavy atom. The quantitative estimate of drug-likeness (QED) is 0.265. The van der Waals surface area contributed by atoms with Gasteiger partial charge in [0, 0.05) is 47.5 Å². The van der Waals surface area contributed by atoms with Gasteiger partial charge in [0.1, 0.15) is 18.4 Å². The molecule has 0 spiro atoms. The molecule has 0 saturated carbocycles. The summed E-state index contributed by atoms with van der Waals surface area (Å²) in [6, 6.07) is 11.9. The van der Waals surface area contributed by atoms with E-state index in [1.807, 2.05) is 26.0 Å². The van der Waals surface area contributed by atoms with E-state index in [9.17, 15) is 4.79 Å². The van der Waals surface area contributed by atoms with Crippen LogP contribution in [0.25, 0.3) is 39.0 Å². The molecule has 3 heterocycles. The number of nitrogen functional groups attached to an aromatic ring is 1. The molecule has 0 radical (unpaired) electrons. The molecular formula is C30H34N8O2. The molecule has 40 heavy (non-hydrogen) atoms. The maximum Gasteiger partial charge on any atom is 0.415 e. The van der Waals surface area contributed by atoms with E-state index in [-0.39, 0.29) is 17.5 Å². The van der Waals surface area contributed by atoms with Crippen LogP contribution in [0, 0.1) is 5.41 Å². The van der Waals surface area contributed by atoms with Crippen molar-refractivity contribution in [3.63, 3.8) is 0 Å². The Labute approximate surface area is 233 Å². The van der Waals surface area contributed by atoms with Crippen LogP contribution in [-0.4, -0.2) is 53.8 Å². The fourth-order valence-electron chi connectivity index (χ4n) is 4.82. The van der Waals surface area contributed by atoms with Crippen molar-refractivity contribution in [3.8, 4) is 33.8 Å². The summed E-state index contributed by atoms with van der Waals surface area (Å²) >= 11 is 0. The van der Waals surface area contributed by atoms with Crippen LogP contribution >= 0.6 is 0 Å². The van der Waals surface area contributed by atoms with Gasteiger partial charge in [0.15, 0.2) is 0 Å². The van der Waals surface area contributed by atoms with Crippen molar-refractivity contribution in [2.45, 2.75) is 41.0 Å². The second-order valence-electron chi connectivity index (χ2n) is 10.9. The molecule has 0 aliphatic carbocycles. The van der Waals surface area contributed by atoms with Gasteiger partial charge in [-0.2, -0.15) is 5.10 Å². The summed E-state index contributed by atoms with van der Waals surface area (Å²) in [6.07, 6.45) is 7.03. The van der Waals surface area contributed by atoms with Crippen LogP contribution in [0.5, 0.6) is 5.75 Å². The predicted molar refractivity (Wildman–Crippen MR) is 156 cm³/mol. The molecule has 5 aromatic rings. The first-order valence-corrected chi connectivity index (χ1v) is 13.4. The van der Waals surface area contributed by atoms with Crippen molar-refractivity contribution in [2.75, 3.05) is 18.8 Å². The highest BCUT2D eigenvalue weighted by atomic mass is 16.6. The first kappa shape index (κ1) is 26.9. The van der Waals surface area contributed by atoms with E-state index in [0.29, 0.717) is 18.8 Å². The number of ether oxygens (including phenoxy) is 1. The zero-order valence-electron chi connectivity index (χ0n) is 23.5. The average Bonchev–Trinajstić information content (AvgIpc) is 3.57. The van der Waals surface area contributed by atoms with Gasteiger partial charge in [-0.25, -0.2) is 24.4 Å². The van der Waals surface area contributed by atoms with Crippen molar-refractivity contribution >= 4 is 22.9 Å². The lowest BCUT2D eigenvalue weighted by molar-refractivity contribution is 0.157. The minimum atomic E-state index is -0.383. The Morgan fingerprint density at radius 2 is 1.80 bits per heavy atom. The Bertz CT molecular complexity index is 1630. The summed E-state index contributed by atoms with van der Waals surface area (Å²) in [5, 5.41) is 5.50. The molecule has 10 heteroatoms. The monoisotopic (exact) mass is 538 g/mol. The second kappa shape index (κ2) is 10.8. The number of fused-ring (bicyclic) bond motifs is 1. The van der Waals surface area contributed by atoms with E-state index in [1.54, 1.807) is 34.4 Å². The summed E-state index contributed by atoms with van der Waals surface area (Å²) < 4.78 is 7.52. The summed E-state index contributed by atoms with van der Waals surface area (Å²) in [4.78, 5) is 30.5. The lowest BCUT2D eigenvalue weighted by Crippen LogP contribution is -2.33. The summed E-state index contributed by atoms with van der Waals surface area (Å²) in [5.41, 5.74) is 12.3. The highest BCUT2D eigenvalue weighted by Gasteiger charge is 2.23. The van der Waals surface area contributed by atoms with Crippen LogP contribution in [0.3, 0.4) is 0 Å². The van der Waals surface area contributed by atoms with Gasteiger partial charge in [-0.05, 0) is 61.1 Å². The van der Waals surface area contributed by atoms with Crippen LogP contribution in [0.15, 0.2) is 61.4 Å². The van der Waals surface area contributed by atoms with Gasteiger partial charge in [-0.1, -0.05) is 32.9 Å². The number of benzene rings is 2. The van der Waals surface area contributed by atoms with Gasteiger partial charge < -0.3 is 20.4 Å². The van der Waals surface area contributed by atoms with Crippen LogP contribution in [0.4, 0.5) is 10.7 Å². The van der Waals surface area contributed by atoms with E-state index in [4.69, 9.17) is 10.5 Å². The first-order valence-electron chi connectivity index (χ1n) is 13.4. The molecule has 0 atom stereocenters. The highest BCUT2D eigenvalue weighted by Crippen LogP contribution is 2.40. The molecule has 3 aromatic heterocycles. The number of H-pyrrole nitrogens is 1. The molecule has 1 amide bonds. The van der Waals surface area contributed by atoms with Gasteiger partial charge >= 0.3 is 6.09 Å². The Balaban J connectivity index is 1.69. The number of aromatic nitrogens is 6. The number of carbonyl (C=O) groups is 1. The minimum Gasteiger partial charge on any atom is -0.410 e. The largest absolute Gasteiger partial charge is 0.415 e.